The average molecular weight is 408 g/mol. The van der Waals surface area contributed by atoms with E-state index >= 15 is 0 Å². The van der Waals surface area contributed by atoms with Gasteiger partial charge in [0.1, 0.15) is 0 Å². The number of Topliss-reactive ketones (excluding diaryl/α,β-unsaturated/α-hetero) is 1. The van der Waals surface area contributed by atoms with Gasteiger partial charge in [-0.1, -0.05) is 0 Å². The molecule has 1 unspecified atom stereocenters. The minimum absolute atomic E-state index is 0.0730. The summed E-state index contributed by atoms with van der Waals surface area (Å²) < 4.78 is 0. The van der Waals surface area contributed by atoms with Gasteiger partial charge in [-0.25, -0.2) is 4.79 Å². The molecule has 2 aromatic rings. The molecule has 0 saturated carbocycles. The zero-order valence-corrected chi connectivity index (χ0v) is 16.8. The molecule has 9 heteroatoms. The van der Waals surface area contributed by atoms with Crippen LogP contribution in [0.3, 0.4) is 0 Å². The Hall–Kier alpha value is -3.43. The first-order valence-corrected chi connectivity index (χ1v) is 9.67. The van der Waals surface area contributed by atoms with Crippen molar-refractivity contribution in [1.82, 2.24) is 15.2 Å². The van der Waals surface area contributed by atoms with Crippen LogP contribution in [0.15, 0.2) is 30.5 Å². The molecule has 1 aromatic heterocycles. The van der Waals surface area contributed by atoms with Gasteiger partial charge in [0, 0.05) is 53.5 Å². The molecule has 2 aliphatic heterocycles. The highest BCUT2D eigenvalue weighted by Gasteiger charge is 2.35. The highest BCUT2D eigenvalue weighted by molar-refractivity contribution is 6.35. The summed E-state index contributed by atoms with van der Waals surface area (Å²) in [4.78, 5) is 41.7. The molecule has 6 N–H and O–H groups in total. The van der Waals surface area contributed by atoms with Crippen molar-refractivity contribution in [2.45, 2.75) is 6.04 Å². The Labute approximate surface area is 173 Å². The van der Waals surface area contributed by atoms with Crippen LogP contribution in [0.25, 0.3) is 11.6 Å². The number of likely N-dealkylation sites (N-methyl/N-ethyl adjacent to an activating group) is 1. The second kappa shape index (κ2) is 7.77. The van der Waals surface area contributed by atoms with E-state index in [0.717, 1.165) is 6.54 Å². The van der Waals surface area contributed by atoms with E-state index in [1.165, 1.54) is 0 Å². The number of hydrogen-bond acceptors (Lipinski definition) is 5. The first-order valence-electron chi connectivity index (χ1n) is 9.67. The topological polar surface area (TPSA) is 132 Å². The molecule has 1 saturated heterocycles. The smallest absolute Gasteiger partial charge is 0.316 e. The van der Waals surface area contributed by atoms with Crippen LogP contribution in [0.1, 0.15) is 21.6 Å². The Balaban J connectivity index is 1.60. The second-order valence-corrected chi connectivity index (χ2v) is 7.77. The molecule has 1 fully saturated rings. The first kappa shape index (κ1) is 19.9. The number of aromatic nitrogens is 1. The third-order valence-corrected chi connectivity index (χ3v) is 5.54. The molecule has 3 amide bonds. The summed E-state index contributed by atoms with van der Waals surface area (Å²) in [5, 5.41) is 8.58. The predicted octanol–water partition coefficient (Wildman–Crippen LogP) is 1.33. The van der Waals surface area contributed by atoms with E-state index in [4.69, 9.17) is 5.73 Å². The maximum absolute atomic E-state index is 13.0. The largest absolute Gasteiger partial charge is 0.361 e. The Bertz CT molecular complexity index is 1050. The number of nitrogens with one attached hydrogen (secondary N) is 4. The van der Waals surface area contributed by atoms with E-state index in [2.05, 4.69) is 25.8 Å². The molecule has 2 atom stereocenters. The summed E-state index contributed by atoms with van der Waals surface area (Å²) >= 11 is 0. The zero-order chi connectivity index (χ0) is 21.4. The number of nitrogens with two attached hydrogens (primary N) is 1. The molecular formula is C21H24N6O3. The number of carbonyl (C=O) groups excluding carboxylic acids is 3. The van der Waals surface area contributed by atoms with E-state index in [-0.39, 0.29) is 23.7 Å². The van der Waals surface area contributed by atoms with Crippen molar-refractivity contribution in [3.8, 4) is 0 Å². The average Bonchev–Trinajstić information content (AvgIpc) is 3.41. The SMILES string of the molecule is CN(C)[C@H]1CNCC1C(=O)c1c[nH]c(/C=C2\C(=O)Nc3ccc(NC(N)=O)cc32)c1. The monoisotopic (exact) mass is 408 g/mol. The third kappa shape index (κ3) is 3.72. The van der Waals surface area contributed by atoms with Gasteiger partial charge in [0.05, 0.1) is 11.5 Å². The molecule has 2 aliphatic rings. The highest BCUT2D eigenvalue weighted by atomic mass is 16.2. The molecule has 156 valence electrons. The molecule has 3 heterocycles. The quantitative estimate of drug-likeness (QED) is 0.376. The zero-order valence-electron chi connectivity index (χ0n) is 16.8. The summed E-state index contributed by atoms with van der Waals surface area (Å²) in [6, 6.07) is 6.29. The number of carbonyl (C=O) groups is 3. The Kier molecular flexibility index (Phi) is 5.15. The number of H-pyrrole nitrogens is 1. The number of primary amides is 1. The standard InChI is InChI=1S/C21H24N6O3/c1-27(2)18-10-23-9-16(18)19(28)11-5-13(24-8-11)7-15-14-6-12(25-21(22)30)3-4-17(14)26-20(15)29/h3-8,16,18,23-24H,9-10H2,1-2H3,(H,26,29)(H3,22,25,30)/b15-7-/t16?,18-/m0/s1. The lowest BCUT2D eigenvalue weighted by Crippen LogP contribution is -2.38. The van der Waals surface area contributed by atoms with E-state index in [9.17, 15) is 14.4 Å². The minimum atomic E-state index is -0.678. The van der Waals surface area contributed by atoms with E-state index in [1.54, 1.807) is 36.5 Å². The number of amides is 3. The molecule has 4 rings (SSSR count). The van der Waals surface area contributed by atoms with Gasteiger partial charge in [0.25, 0.3) is 5.91 Å². The van der Waals surface area contributed by atoms with Crippen LogP contribution in [-0.4, -0.2) is 60.8 Å². The number of rotatable bonds is 5. The summed E-state index contributed by atoms with van der Waals surface area (Å²) in [6.07, 6.45) is 3.38. The van der Waals surface area contributed by atoms with Crippen LogP contribution in [0, 0.1) is 5.92 Å². The molecule has 0 bridgehead atoms. The van der Waals surface area contributed by atoms with Crippen molar-refractivity contribution in [2.24, 2.45) is 11.7 Å². The van der Waals surface area contributed by atoms with Gasteiger partial charge in [-0.15, -0.1) is 0 Å². The van der Waals surface area contributed by atoms with E-state index in [0.29, 0.717) is 40.3 Å². The predicted molar refractivity (Wildman–Crippen MR) is 115 cm³/mol. The number of aromatic amines is 1. The Morgan fingerprint density at radius 2 is 2.03 bits per heavy atom. The van der Waals surface area contributed by atoms with Crippen molar-refractivity contribution in [1.29, 1.82) is 0 Å². The minimum Gasteiger partial charge on any atom is -0.361 e. The van der Waals surface area contributed by atoms with Crippen LogP contribution in [0.4, 0.5) is 16.2 Å². The van der Waals surface area contributed by atoms with Crippen LogP contribution in [0.5, 0.6) is 0 Å². The van der Waals surface area contributed by atoms with Crippen molar-refractivity contribution < 1.29 is 14.4 Å². The van der Waals surface area contributed by atoms with Crippen molar-refractivity contribution in [3.63, 3.8) is 0 Å². The van der Waals surface area contributed by atoms with Crippen molar-refractivity contribution in [3.05, 3.63) is 47.3 Å². The summed E-state index contributed by atoms with van der Waals surface area (Å²) in [5.74, 6) is -0.297. The molecule has 1 aromatic carbocycles. The molecular weight excluding hydrogens is 384 g/mol. The Morgan fingerprint density at radius 3 is 2.77 bits per heavy atom. The number of ketones is 1. The third-order valence-electron chi connectivity index (χ3n) is 5.54. The van der Waals surface area contributed by atoms with E-state index in [1.807, 2.05) is 14.1 Å². The normalized spacial score (nSPS) is 21.7. The van der Waals surface area contributed by atoms with Gasteiger partial charge in [0.2, 0.25) is 0 Å². The highest BCUT2D eigenvalue weighted by Crippen LogP contribution is 2.35. The number of hydrogen-bond donors (Lipinski definition) is 5. The van der Waals surface area contributed by atoms with Gasteiger partial charge < -0.3 is 31.6 Å². The lowest BCUT2D eigenvalue weighted by Gasteiger charge is -2.23. The molecule has 9 nitrogen and oxygen atoms in total. The Morgan fingerprint density at radius 1 is 1.23 bits per heavy atom. The lowest BCUT2D eigenvalue weighted by molar-refractivity contribution is -0.110. The lowest BCUT2D eigenvalue weighted by atomic mass is 9.94. The number of benzene rings is 1. The summed E-state index contributed by atoms with van der Waals surface area (Å²) in [6.45, 7) is 1.43. The molecule has 0 radical (unpaired) electrons. The first-order chi connectivity index (χ1) is 14.3. The fraction of sp³-hybridized carbons (Fsp3) is 0.286. The fourth-order valence-corrected chi connectivity index (χ4v) is 4.03. The second-order valence-electron chi connectivity index (χ2n) is 7.77. The van der Waals surface area contributed by atoms with Gasteiger partial charge in [0.15, 0.2) is 5.78 Å². The number of fused-ring (bicyclic) bond motifs is 1. The van der Waals surface area contributed by atoms with Gasteiger partial charge in [-0.2, -0.15) is 0 Å². The molecule has 0 spiro atoms. The van der Waals surface area contributed by atoms with Gasteiger partial charge >= 0.3 is 6.03 Å². The van der Waals surface area contributed by atoms with E-state index < -0.39 is 6.03 Å². The van der Waals surface area contributed by atoms with Gasteiger partial charge in [-0.3, -0.25) is 9.59 Å². The maximum atomic E-state index is 13.0. The van der Waals surface area contributed by atoms with Crippen molar-refractivity contribution >= 4 is 40.7 Å². The number of urea groups is 1. The summed E-state index contributed by atoms with van der Waals surface area (Å²) in [7, 11) is 3.95. The van der Waals surface area contributed by atoms with Crippen LogP contribution in [0.2, 0.25) is 0 Å². The van der Waals surface area contributed by atoms with Gasteiger partial charge in [-0.05, 0) is 44.4 Å². The number of anilines is 2. The maximum Gasteiger partial charge on any atom is 0.316 e. The fourth-order valence-electron chi connectivity index (χ4n) is 4.03. The van der Waals surface area contributed by atoms with Crippen LogP contribution in [-0.2, 0) is 4.79 Å². The molecule has 0 aliphatic carbocycles. The molecule has 30 heavy (non-hydrogen) atoms. The number of nitrogens with zero attached hydrogens (tertiary/aromatic N) is 1. The van der Waals surface area contributed by atoms with Crippen LogP contribution < -0.4 is 21.7 Å². The summed E-state index contributed by atoms with van der Waals surface area (Å²) in [5.41, 5.74) is 8.65. The van der Waals surface area contributed by atoms with Crippen molar-refractivity contribution in [2.75, 3.05) is 37.8 Å². The van der Waals surface area contributed by atoms with Crippen LogP contribution >= 0.6 is 0 Å².